The maximum Gasteiger partial charge on any atom is 0.417 e. The predicted octanol–water partition coefficient (Wildman–Crippen LogP) is 5.00. The number of thiazole rings is 1. The summed E-state index contributed by atoms with van der Waals surface area (Å²) in [6.45, 7) is 1.84. The molecule has 0 amide bonds. The van der Waals surface area contributed by atoms with Crippen molar-refractivity contribution >= 4 is 48.1 Å². The lowest BCUT2D eigenvalue weighted by Crippen LogP contribution is -2.38. The maximum absolute atomic E-state index is 13.6. The van der Waals surface area contributed by atoms with E-state index in [1.165, 1.54) is 39.9 Å². The summed E-state index contributed by atoms with van der Waals surface area (Å²) < 4.78 is 80.4. The Labute approximate surface area is 199 Å². The van der Waals surface area contributed by atoms with Crippen molar-refractivity contribution in [2.24, 2.45) is 0 Å². The number of anilines is 1. The van der Waals surface area contributed by atoms with Crippen LogP contribution in [0.2, 0.25) is 0 Å². The van der Waals surface area contributed by atoms with E-state index in [2.05, 4.69) is 9.97 Å². The Morgan fingerprint density at radius 1 is 1.09 bits per heavy atom. The van der Waals surface area contributed by atoms with Gasteiger partial charge in [-0.3, -0.25) is 13.5 Å². The monoisotopic (exact) mass is 523 g/mol. The first kappa shape index (κ1) is 22.9. The lowest BCUT2D eigenvalue weighted by atomic mass is 10.1. The van der Waals surface area contributed by atoms with Gasteiger partial charge in [-0.1, -0.05) is 6.07 Å². The summed E-state index contributed by atoms with van der Waals surface area (Å²) >= 11 is 1.39. The van der Waals surface area contributed by atoms with Crippen molar-refractivity contribution in [3.63, 3.8) is 0 Å². The van der Waals surface area contributed by atoms with Gasteiger partial charge >= 0.3 is 6.18 Å². The van der Waals surface area contributed by atoms with E-state index in [1.54, 1.807) is 18.2 Å². The molecule has 176 valence electrons. The highest BCUT2D eigenvalue weighted by molar-refractivity contribution is 7.93. The number of aromatic nitrogens is 2. The number of benzene rings is 2. The van der Waals surface area contributed by atoms with E-state index in [4.69, 9.17) is 0 Å². The van der Waals surface area contributed by atoms with Gasteiger partial charge in [0.25, 0.3) is 10.0 Å². The van der Waals surface area contributed by atoms with Crippen LogP contribution in [-0.2, 0) is 27.0 Å². The third-order valence-electron chi connectivity index (χ3n) is 5.39. The van der Waals surface area contributed by atoms with Crippen LogP contribution in [0.15, 0.2) is 64.5 Å². The number of halogens is 3. The zero-order chi connectivity index (χ0) is 24.3. The molecule has 0 spiro atoms. The molecule has 1 aliphatic heterocycles. The van der Waals surface area contributed by atoms with Gasteiger partial charge in [-0.2, -0.15) is 13.2 Å². The fourth-order valence-corrected chi connectivity index (χ4v) is 7.56. The van der Waals surface area contributed by atoms with Crippen LogP contribution in [0.3, 0.4) is 0 Å². The van der Waals surface area contributed by atoms with Gasteiger partial charge in [0.15, 0.2) is 0 Å². The quantitative estimate of drug-likeness (QED) is 0.378. The van der Waals surface area contributed by atoms with Crippen LogP contribution in [0.25, 0.3) is 21.5 Å². The summed E-state index contributed by atoms with van der Waals surface area (Å²) in [5, 5.41) is 0.817. The Bertz CT molecular complexity index is 1550. The van der Waals surface area contributed by atoms with Gasteiger partial charge in [0, 0.05) is 24.1 Å². The first-order valence-electron chi connectivity index (χ1n) is 10.00. The fraction of sp³-hybridized carbons (Fsp3) is 0.182. The summed E-state index contributed by atoms with van der Waals surface area (Å²) in [7, 11) is -5.41. The van der Waals surface area contributed by atoms with Crippen LogP contribution < -0.4 is 4.31 Å². The van der Waals surface area contributed by atoms with Crippen molar-refractivity contribution in [1.82, 2.24) is 9.97 Å². The molecule has 0 saturated heterocycles. The summed E-state index contributed by atoms with van der Waals surface area (Å²) in [6.07, 6.45) is -3.78. The summed E-state index contributed by atoms with van der Waals surface area (Å²) in [4.78, 5) is 8.68. The van der Waals surface area contributed by atoms with E-state index >= 15 is 0 Å². The van der Waals surface area contributed by atoms with Gasteiger partial charge in [-0.25, -0.2) is 13.4 Å². The predicted molar refractivity (Wildman–Crippen MR) is 125 cm³/mol. The lowest BCUT2D eigenvalue weighted by Gasteiger charge is -2.30. The Hall–Kier alpha value is -2.83. The van der Waals surface area contributed by atoms with Crippen molar-refractivity contribution in [2.75, 3.05) is 16.6 Å². The molecule has 34 heavy (non-hydrogen) atoms. The second kappa shape index (κ2) is 8.14. The van der Waals surface area contributed by atoms with Crippen molar-refractivity contribution in [3.05, 3.63) is 65.3 Å². The van der Waals surface area contributed by atoms with Crippen molar-refractivity contribution in [2.45, 2.75) is 22.9 Å². The number of hydrogen-bond donors (Lipinski definition) is 0. The molecule has 0 N–H and O–H groups in total. The Kier molecular flexibility index (Phi) is 5.49. The molecule has 12 heteroatoms. The van der Waals surface area contributed by atoms with Crippen LogP contribution in [0.1, 0.15) is 10.6 Å². The zero-order valence-corrected chi connectivity index (χ0v) is 20.0. The van der Waals surface area contributed by atoms with E-state index in [0.29, 0.717) is 16.0 Å². The van der Waals surface area contributed by atoms with Gasteiger partial charge in [0.2, 0.25) is 0 Å². The molecule has 0 bridgehead atoms. The minimum absolute atomic E-state index is 0.00555. The largest absolute Gasteiger partial charge is 0.417 e. The molecule has 6 nitrogen and oxygen atoms in total. The second-order valence-corrected chi connectivity index (χ2v) is 12.2. The van der Waals surface area contributed by atoms with E-state index in [9.17, 15) is 25.8 Å². The Morgan fingerprint density at radius 2 is 1.88 bits per heavy atom. The third-order valence-corrected chi connectivity index (χ3v) is 9.53. The highest BCUT2D eigenvalue weighted by atomic mass is 32.2. The number of rotatable bonds is 3. The van der Waals surface area contributed by atoms with Gasteiger partial charge < -0.3 is 0 Å². The molecule has 4 aromatic rings. The minimum Gasteiger partial charge on any atom is -0.264 e. The molecule has 0 saturated carbocycles. The molecule has 0 aliphatic carbocycles. The van der Waals surface area contributed by atoms with Gasteiger partial charge in [-0.15, -0.1) is 11.3 Å². The topological polar surface area (TPSA) is 80.2 Å². The normalized spacial score (nSPS) is 16.6. The second-order valence-electron chi connectivity index (χ2n) is 7.60. The molecule has 0 radical (unpaired) electrons. The summed E-state index contributed by atoms with van der Waals surface area (Å²) in [5.74, 6) is 0.131. The molecule has 5 rings (SSSR count). The first-order valence-corrected chi connectivity index (χ1v) is 13.6. The number of aryl methyl sites for hydroxylation is 1. The summed E-state index contributed by atoms with van der Waals surface area (Å²) in [5.41, 5.74) is 0.709. The number of sulfonamides is 1. The highest BCUT2D eigenvalue weighted by Crippen LogP contribution is 2.37. The van der Waals surface area contributed by atoms with E-state index in [-0.39, 0.29) is 28.6 Å². The Balaban J connectivity index is 1.58. The number of pyridine rings is 1. The van der Waals surface area contributed by atoms with E-state index < -0.39 is 32.6 Å². The highest BCUT2D eigenvalue weighted by Gasteiger charge is 2.33. The third kappa shape index (κ3) is 3.99. The number of alkyl halides is 3. The van der Waals surface area contributed by atoms with Crippen molar-refractivity contribution in [3.8, 4) is 11.3 Å². The maximum atomic E-state index is 13.6. The average Bonchev–Trinajstić information content (AvgIpc) is 3.17. The van der Waals surface area contributed by atoms with Crippen LogP contribution >= 0.6 is 11.3 Å². The zero-order valence-electron chi connectivity index (χ0n) is 17.5. The van der Waals surface area contributed by atoms with Crippen molar-refractivity contribution < 1.29 is 25.8 Å². The van der Waals surface area contributed by atoms with Crippen LogP contribution in [0.4, 0.5) is 18.9 Å². The molecule has 1 aliphatic rings. The van der Waals surface area contributed by atoms with Crippen LogP contribution in [0.5, 0.6) is 0 Å². The Morgan fingerprint density at radius 3 is 2.59 bits per heavy atom. The van der Waals surface area contributed by atoms with E-state index in [1.807, 2.05) is 6.92 Å². The standard InChI is InChI=1S/C22H16F3N3O3S3/c1-13-27-18-6-4-16(11-20(18)32-13)34(30,31)28-8-9-33(29)21-7-2-14(10-19(21)28)17-5-3-15(12-26-17)22(23,24)25/h2-7,10-12H,8-9H2,1H3. The fourth-order valence-electron chi connectivity index (χ4n) is 3.75. The SMILES string of the molecule is Cc1nc2ccc(S(=O)(=O)N3CCS(=O)c4ccc(-c5ccc(C(F)(F)F)cn5)cc43)cc2s1. The lowest BCUT2D eigenvalue weighted by molar-refractivity contribution is -0.137. The average molecular weight is 524 g/mol. The molecule has 2 aromatic carbocycles. The van der Waals surface area contributed by atoms with Gasteiger partial charge in [-0.05, 0) is 49.4 Å². The van der Waals surface area contributed by atoms with Crippen molar-refractivity contribution in [1.29, 1.82) is 0 Å². The molecule has 2 aromatic heterocycles. The number of nitrogens with zero attached hydrogens (tertiary/aromatic N) is 3. The van der Waals surface area contributed by atoms with Gasteiger partial charge in [0.05, 0.1) is 52.8 Å². The van der Waals surface area contributed by atoms with Crippen LogP contribution in [-0.4, -0.2) is 34.9 Å². The number of fused-ring (bicyclic) bond motifs is 2. The molecule has 3 heterocycles. The first-order chi connectivity index (χ1) is 16.0. The smallest absolute Gasteiger partial charge is 0.264 e. The molecule has 0 fully saturated rings. The van der Waals surface area contributed by atoms with Crippen LogP contribution in [0, 0.1) is 6.92 Å². The molecule has 1 unspecified atom stereocenters. The minimum atomic E-state index is -4.51. The molecular weight excluding hydrogens is 507 g/mol. The number of hydrogen-bond acceptors (Lipinski definition) is 6. The molecular formula is C22H16F3N3O3S3. The van der Waals surface area contributed by atoms with Gasteiger partial charge in [0.1, 0.15) is 0 Å². The summed E-state index contributed by atoms with van der Waals surface area (Å²) in [6, 6.07) is 11.5. The van der Waals surface area contributed by atoms with E-state index in [0.717, 1.165) is 22.0 Å². The molecule has 1 atom stereocenters.